The van der Waals surface area contributed by atoms with Crippen molar-refractivity contribution in [1.29, 1.82) is 0 Å². The third-order valence-corrected chi connectivity index (χ3v) is 6.29. The predicted molar refractivity (Wildman–Crippen MR) is 124 cm³/mol. The fourth-order valence-electron chi connectivity index (χ4n) is 3.86. The molecule has 1 aliphatic rings. The molecule has 32 heavy (non-hydrogen) atoms. The van der Waals surface area contributed by atoms with Crippen molar-refractivity contribution in [2.75, 3.05) is 26.9 Å². The summed E-state index contributed by atoms with van der Waals surface area (Å²) in [6, 6.07) is 14.9. The van der Waals surface area contributed by atoms with E-state index < -0.39 is 11.4 Å². The Morgan fingerprint density at radius 3 is 2.75 bits per heavy atom. The van der Waals surface area contributed by atoms with Crippen LogP contribution in [0.3, 0.4) is 0 Å². The Hall–Kier alpha value is -2.84. The molecule has 1 aromatic heterocycles. The molecule has 7 nitrogen and oxygen atoms in total. The molecule has 0 aliphatic carbocycles. The van der Waals surface area contributed by atoms with E-state index in [-0.39, 0.29) is 37.5 Å². The van der Waals surface area contributed by atoms with Gasteiger partial charge in [-0.3, -0.25) is 9.59 Å². The van der Waals surface area contributed by atoms with Crippen molar-refractivity contribution in [3.63, 3.8) is 0 Å². The van der Waals surface area contributed by atoms with E-state index in [1.165, 1.54) is 4.90 Å². The van der Waals surface area contributed by atoms with Crippen LogP contribution in [0, 0.1) is 0 Å². The quantitative estimate of drug-likeness (QED) is 0.545. The van der Waals surface area contributed by atoms with Crippen LogP contribution in [0.4, 0.5) is 0 Å². The maximum atomic E-state index is 13.6. The van der Waals surface area contributed by atoms with E-state index in [4.69, 9.17) is 13.9 Å². The van der Waals surface area contributed by atoms with Crippen LogP contribution in [0.25, 0.3) is 11.0 Å². The van der Waals surface area contributed by atoms with Crippen LogP contribution in [0.15, 0.2) is 57.4 Å². The second-order valence-electron chi connectivity index (χ2n) is 8.02. The third-order valence-electron chi connectivity index (χ3n) is 5.79. The van der Waals surface area contributed by atoms with Gasteiger partial charge in [-0.15, -0.1) is 0 Å². The Morgan fingerprint density at radius 1 is 1.28 bits per heavy atom. The molecule has 4 rings (SSSR count). The lowest BCUT2D eigenvalue weighted by Gasteiger charge is -2.38. The van der Waals surface area contributed by atoms with Gasteiger partial charge in [-0.25, -0.2) is 0 Å². The molecule has 2 aromatic carbocycles. The number of methoxy groups -OCH3 is 1. The zero-order chi connectivity index (χ0) is 22.9. The number of furan rings is 1. The van der Waals surface area contributed by atoms with Gasteiger partial charge in [0.2, 0.25) is 11.7 Å². The van der Waals surface area contributed by atoms with E-state index in [0.29, 0.717) is 16.7 Å². The molecule has 2 atom stereocenters. The van der Waals surface area contributed by atoms with E-state index in [0.717, 1.165) is 10.0 Å². The number of rotatable bonds is 6. The zero-order valence-corrected chi connectivity index (χ0v) is 19.8. The highest BCUT2D eigenvalue weighted by Crippen LogP contribution is 2.39. The lowest BCUT2D eigenvalue weighted by molar-refractivity contribution is -0.133. The van der Waals surface area contributed by atoms with E-state index in [1.807, 2.05) is 49.4 Å². The van der Waals surface area contributed by atoms with E-state index >= 15 is 0 Å². The van der Waals surface area contributed by atoms with Crippen LogP contribution in [-0.2, 0) is 9.53 Å². The normalized spacial score (nSPS) is 19.2. The summed E-state index contributed by atoms with van der Waals surface area (Å²) in [4.78, 5) is 28.6. The minimum atomic E-state index is -1.26. The van der Waals surface area contributed by atoms with Gasteiger partial charge in [-0.2, -0.15) is 0 Å². The van der Waals surface area contributed by atoms with E-state index in [1.54, 1.807) is 20.1 Å². The molecular weight excluding hydrogens is 476 g/mol. The molecule has 1 unspecified atom stereocenters. The van der Waals surface area contributed by atoms with Gasteiger partial charge in [0.1, 0.15) is 12.2 Å². The van der Waals surface area contributed by atoms with Crippen LogP contribution in [0.5, 0.6) is 5.75 Å². The van der Waals surface area contributed by atoms with Gasteiger partial charge in [0.15, 0.2) is 11.3 Å². The molecule has 2 amide bonds. The Labute approximate surface area is 194 Å². The van der Waals surface area contributed by atoms with Gasteiger partial charge in [0.05, 0.1) is 18.0 Å². The number of nitrogens with zero attached hydrogens (tertiary/aromatic N) is 1. The molecule has 1 N–H and O–H groups in total. The number of carbonyl (C=O) groups excluding carboxylic acids is 2. The molecule has 2 heterocycles. The number of carbonyl (C=O) groups is 2. The Kier molecular flexibility index (Phi) is 6.26. The molecule has 0 saturated heterocycles. The van der Waals surface area contributed by atoms with Gasteiger partial charge in [0.25, 0.3) is 5.91 Å². The highest BCUT2D eigenvalue weighted by atomic mass is 79.9. The fourth-order valence-corrected chi connectivity index (χ4v) is 4.20. The maximum absolute atomic E-state index is 13.6. The van der Waals surface area contributed by atoms with Crippen molar-refractivity contribution in [3.05, 3.63) is 64.3 Å². The highest BCUT2D eigenvalue weighted by Gasteiger charge is 2.48. The summed E-state index contributed by atoms with van der Waals surface area (Å²) in [6.45, 7) is 4.07. The Bertz CT molecular complexity index is 1150. The topological polar surface area (TPSA) is 81.0 Å². The fraction of sp³-hybridized carbons (Fsp3) is 0.333. The summed E-state index contributed by atoms with van der Waals surface area (Å²) in [5, 5.41) is 3.72. The minimum Gasteiger partial charge on any atom is -0.486 e. The number of benzene rings is 2. The number of fused-ring (bicyclic) bond motifs is 3. The molecule has 0 spiro atoms. The lowest BCUT2D eigenvalue weighted by atomic mass is 9.98. The van der Waals surface area contributed by atoms with Crippen LogP contribution >= 0.6 is 15.9 Å². The maximum Gasteiger partial charge on any atom is 0.294 e. The van der Waals surface area contributed by atoms with Crippen molar-refractivity contribution in [2.24, 2.45) is 0 Å². The Balaban J connectivity index is 1.69. The smallest absolute Gasteiger partial charge is 0.294 e. The molecular formula is C24H25BrN2O5. The monoisotopic (exact) mass is 500 g/mol. The van der Waals surface area contributed by atoms with Crippen LogP contribution in [0.1, 0.15) is 36.0 Å². The van der Waals surface area contributed by atoms with Crippen molar-refractivity contribution in [3.8, 4) is 5.75 Å². The molecule has 168 valence electrons. The van der Waals surface area contributed by atoms with Gasteiger partial charge in [-0.05, 0) is 37.6 Å². The lowest BCUT2D eigenvalue weighted by Crippen LogP contribution is -2.62. The molecule has 1 aliphatic heterocycles. The average molecular weight is 501 g/mol. The average Bonchev–Trinajstić information content (AvgIpc) is 3.11. The molecule has 0 bridgehead atoms. The summed E-state index contributed by atoms with van der Waals surface area (Å²) < 4.78 is 18.0. The summed E-state index contributed by atoms with van der Waals surface area (Å²) in [7, 11) is 1.55. The number of hydrogen-bond donors (Lipinski definition) is 1. The first-order valence-electron chi connectivity index (χ1n) is 10.4. The number of halogens is 1. The summed E-state index contributed by atoms with van der Waals surface area (Å²) in [6.07, 6.45) is 0. The van der Waals surface area contributed by atoms with Crippen LogP contribution in [0.2, 0.25) is 0 Å². The Morgan fingerprint density at radius 2 is 2.03 bits per heavy atom. The summed E-state index contributed by atoms with van der Waals surface area (Å²) in [5.41, 5.74) is 0.245. The van der Waals surface area contributed by atoms with Crippen molar-refractivity contribution < 1.29 is 23.5 Å². The van der Waals surface area contributed by atoms with Gasteiger partial charge >= 0.3 is 0 Å². The first kappa shape index (κ1) is 22.4. The molecule has 0 radical (unpaired) electrons. The van der Waals surface area contributed by atoms with Crippen molar-refractivity contribution >= 4 is 38.7 Å². The van der Waals surface area contributed by atoms with Crippen LogP contribution in [-0.4, -0.2) is 49.1 Å². The van der Waals surface area contributed by atoms with Crippen LogP contribution < -0.4 is 10.1 Å². The largest absolute Gasteiger partial charge is 0.486 e. The molecule has 0 saturated carbocycles. The molecule has 8 heteroatoms. The third kappa shape index (κ3) is 4.00. The van der Waals surface area contributed by atoms with Gasteiger partial charge in [-0.1, -0.05) is 46.3 Å². The van der Waals surface area contributed by atoms with Crippen molar-refractivity contribution in [1.82, 2.24) is 10.2 Å². The standard InChI is InChI=1S/C24H25BrN2O5/c1-15(16-7-5-4-6-8-16)26-23(29)24(2)14-31-20-18-10-9-17(25)13-19(18)32-21(20)22(28)27(24)11-12-30-3/h4-10,13,15H,11-12,14H2,1-3H3,(H,26,29)/t15-,24?/m0/s1. The number of ether oxygens (including phenoxy) is 2. The van der Waals surface area contributed by atoms with Gasteiger partial charge in [0, 0.05) is 18.1 Å². The predicted octanol–water partition coefficient (Wildman–Crippen LogP) is 4.31. The minimum absolute atomic E-state index is 0.0203. The first-order chi connectivity index (χ1) is 15.3. The SMILES string of the molecule is COCCN1C(=O)c2oc3cc(Br)ccc3c2OCC1(C)C(=O)N[C@@H](C)c1ccccc1. The second kappa shape index (κ2) is 8.96. The van der Waals surface area contributed by atoms with E-state index in [9.17, 15) is 9.59 Å². The second-order valence-corrected chi connectivity index (χ2v) is 8.93. The molecule has 0 fully saturated rings. The molecule has 3 aromatic rings. The summed E-state index contributed by atoms with van der Waals surface area (Å²) in [5.74, 6) is -0.281. The van der Waals surface area contributed by atoms with Crippen molar-refractivity contribution in [2.45, 2.75) is 25.4 Å². The van der Waals surface area contributed by atoms with E-state index in [2.05, 4.69) is 21.2 Å². The highest BCUT2D eigenvalue weighted by molar-refractivity contribution is 9.10. The van der Waals surface area contributed by atoms with Gasteiger partial charge < -0.3 is 24.1 Å². The first-order valence-corrected chi connectivity index (χ1v) is 11.2. The summed E-state index contributed by atoms with van der Waals surface area (Å²) >= 11 is 3.42. The number of amides is 2. The number of hydrogen-bond acceptors (Lipinski definition) is 5. The number of nitrogens with one attached hydrogen (secondary N) is 1. The zero-order valence-electron chi connectivity index (χ0n) is 18.2.